The smallest absolute Gasteiger partial charge is 0.254 e. The molecule has 6 nitrogen and oxygen atoms in total. The first-order valence-electron chi connectivity index (χ1n) is 9.01. The van der Waals surface area contributed by atoms with Gasteiger partial charge in [-0.3, -0.25) is 4.79 Å². The number of nitrogens with zero attached hydrogens (tertiary/aromatic N) is 2. The van der Waals surface area contributed by atoms with Gasteiger partial charge in [-0.2, -0.15) is 4.31 Å². The monoisotopic (exact) mass is 406 g/mol. The van der Waals surface area contributed by atoms with Gasteiger partial charge in [0.15, 0.2) is 0 Å². The van der Waals surface area contributed by atoms with Crippen LogP contribution >= 0.6 is 0 Å². The minimum absolute atomic E-state index is 0.153. The second kappa shape index (κ2) is 8.38. The molecule has 1 aliphatic heterocycles. The van der Waals surface area contributed by atoms with Crippen molar-refractivity contribution >= 4 is 15.9 Å². The Morgan fingerprint density at radius 3 is 2.21 bits per heavy atom. The number of carbonyl (C=O) groups is 1. The highest BCUT2D eigenvalue weighted by molar-refractivity contribution is 7.89. The highest BCUT2D eigenvalue weighted by Gasteiger charge is 2.27. The Morgan fingerprint density at radius 1 is 1.07 bits per heavy atom. The van der Waals surface area contributed by atoms with Gasteiger partial charge in [-0.1, -0.05) is 12.1 Å². The van der Waals surface area contributed by atoms with Crippen LogP contribution in [0.2, 0.25) is 0 Å². The average Bonchev–Trinajstić information content (AvgIpc) is 2.73. The highest BCUT2D eigenvalue weighted by Crippen LogP contribution is 2.23. The van der Waals surface area contributed by atoms with E-state index in [0.29, 0.717) is 31.9 Å². The Kier molecular flexibility index (Phi) is 6.12. The summed E-state index contributed by atoms with van der Waals surface area (Å²) >= 11 is 0. The molecule has 2 aromatic carbocycles. The number of morpholine rings is 1. The van der Waals surface area contributed by atoms with Crippen molar-refractivity contribution < 1.29 is 22.3 Å². The van der Waals surface area contributed by atoms with E-state index in [2.05, 4.69) is 0 Å². The molecule has 1 atom stereocenters. The van der Waals surface area contributed by atoms with Crippen LogP contribution in [-0.4, -0.2) is 56.9 Å². The molecule has 0 aromatic heterocycles. The molecule has 1 unspecified atom stereocenters. The normalized spacial score (nSPS) is 16.5. The zero-order valence-corrected chi connectivity index (χ0v) is 16.7. The maximum absolute atomic E-state index is 13.1. The summed E-state index contributed by atoms with van der Waals surface area (Å²) in [5.74, 6) is -0.575. The standard InChI is InChI=1S/C20H23FN2O4S/c1-15(16-3-7-18(21)8-4-16)22(2)20(24)17-5-9-19(10-6-17)28(25,26)23-11-13-27-14-12-23/h3-10,15H,11-14H2,1-2H3. The second-order valence-electron chi connectivity index (χ2n) is 6.68. The van der Waals surface area contributed by atoms with Crippen molar-refractivity contribution in [3.05, 3.63) is 65.5 Å². The van der Waals surface area contributed by atoms with Crippen molar-refractivity contribution in [3.63, 3.8) is 0 Å². The number of rotatable bonds is 5. The summed E-state index contributed by atoms with van der Waals surface area (Å²) in [6, 6.07) is 11.7. The molecule has 1 fully saturated rings. The maximum atomic E-state index is 13.1. The van der Waals surface area contributed by atoms with Crippen molar-refractivity contribution in [2.24, 2.45) is 0 Å². The van der Waals surface area contributed by atoms with Gasteiger partial charge < -0.3 is 9.64 Å². The number of sulfonamides is 1. The quantitative estimate of drug-likeness (QED) is 0.766. The SMILES string of the molecule is CC(c1ccc(F)cc1)N(C)C(=O)c1ccc(S(=O)(=O)N2CCOCC2)cc1. The van der Waals surface area contributed by atoms with Crippen LogP contribution < -0.4 is 0 Å². The zero-order chi connectivity index (χ0) is 20.3. The lowest BCUT2D eigenvalue weighted by Crippen LogP contribution is -2.40. The molecule has 1 saturated heterocycles. The summed E-state index contributed by atoms with van der Waals surface area (Å²) < 4.78 is 45.0. The largest absolute Gasteiger partial charge is 0.379 e. The zero-order valence-electron chi connectivity index (χ0n) is 15.8. The molecule has 150 valence electrons. The highest BCUT2D eigenvalue weighted by atomic mass is 32.2. The predicted octanol–water partition coefficient (Wildman–Crippen LogP) is 2.68. The van der Waals surface area contributed by atoms with Crippen molar-refractivity contribution in [2.45, 2.75) is 17.9 Å². The van der Waals surface area contributed by atoms with E-state index in [9.17, 15) is 17.6 Å². The van der Waals surface area contributed by atoms with Crippen LogP contribution in [0.15, 0.2) is 53.4 Å². The summed E-state index contributed by atoms with van der Waals surface area (Å²) in [7, 11) is -1.93. The van der Waals surface area contributed by atoms with Gasteiger partial charge in [0, 0.05) is 25.7 Å². The summed E-state index contributed by atoms with van der Waals surface area (Å²) in [6.07, 6.45) is 0. The van der Waals surface area contributed by atoms with Gasteiger partial charge in [0.1, 0.15) is 5.82 Å². The number of halogens is 1. The van der Waals surface area contributed by atoms with Gasteiger partial charge in [-0.15, -0.1) is 0 Å². The van der Waals surface area contributed by atoms with Crippen molar-refractivity contribution in [1.82, 2.24) is 9.21 Å². The molecular weight excluding hydrogens is 383 g/mol. The average molecular weight is 406 g/mol. The van der Waals surface area contributed by atoms with E-state index in [4.69, 9.17) is 4.74 Å². The molecule has 0 spiro atoms. The molecule has 0 bridgehead atoms. The number of carbonyl (C=O) groups excluding carboxylic acids is 1. The van der Waals surface area contributed by atoms with Gasteiger partial charge in [-0.05, 0) is 48.9 Å². The maximum Gasteiger partial charge on any atom is 0.254 e. The van der Waals surface area contributed by atoms with Crippen LogP contribution in [0.3, 0.4) is 0 Å². The van der Waals surface area contributed by atoms with Crippen molar-refractivity contribution in [2.75, 3.05) is 33.4 Å². The fraction of sp³-hybridized carbons (Fsp3) is 0.350. The van der Waals surface area contributed by atoms with E-state index in [1.54, 1.807) is 24.1 Å². The van der Waals surface area contributed by atoms with Crippen LogP contribution in [0.1, 0.15) is 28.9 Å². The first-order valence-corrected chi connectivity index (χ1v) is 10.5. The first-order chi connectivity index (χ1) is 13.3. The Bertz CT molecular complexity index is 924. The van der Waals surface area contributed by atoms with Gasteiger partial charge >= 0.3 is 0 Å². The molecule has 3 rings (SSSR count). The Hall–Kier alpha value is -2.29. The van der Waals surface area contributed by atoms with Crippen LogP contribution in [0.4, 0.5) is 4.39 Å². The topological polar surface area (TPSA) is 66.9 Å². The van der Waals surface area contributed by atoms with Crippen LogP contribution in [0.25, 0.3) is 0 Å². The van der Waals surface area contributed by atoms with E-state index >= 15 is 0 Å². The second-order valence-corrected chi connectivity index (χ2v) is 8.62. The van der Waals surface area contributed by atoms with Gasteiger partial charge in [0.25, 0.3) is 5.91 Å². The van der Waals surface area contributed by atoms with E-state index in [-0.39, 0.29) is 22.7 Å². The number of hydrogen-bond donors (Lipinski definition) is 0. The summed E-state index contributed by atoms with van der Waals surface area (Å²) in [4.78, 5) is 14.5. The minimum atomic E-state index is -3.60. The van der Waals surface area contributed by atoms with Crippen LogP contribution in [0, 0.1) is 5.82 Å². The number of hydrogen-bond acceptors (Lipinski definition) is 4. The summed E-state index contributed by atoms with van der Waals surface area (Å²) in [6.45, 7) is 3.24. The third kappa shape index (κ3) is 4.24. The minimum Gasteiger partial charge on any atom is -0.379 e. The first kappa shape index (κ1) is 20.4. The Morgan fingerprint density at radius 2 is 1.64 bits per heavy atom. The van der Waals surface area contributed by atoms with Crippen LogP contribution in [-0.2, 0) is 14.8 Å². The van der Waals surface area contributed by atoms with Crippen LogP contribution in [0.5, 0.6) is 0 Å². The molecule has 0 radical (unpaired) electrons. The van der Waals surface area contributed by atoms with E-state index < -0.39 is 10.0 Å². The van der Waals surface area contributed by atoms with Gasteiger partial charge in [0.05, 0.1) is 24.2 Å². The van der Waals surface area contributed by atoms with Gasteiger partial charge in [0.2, 0.25) is 10.0 Å². The number of amides is 1. The molecule has 2 aromatic rings. The van der Waals surface area contributed by atoms with Gasteiger partial charge in [-0.25, -0.2) is 12.8 Å². The summed E-state index contributed by atoms with van der Waals surface area (Å²) in [5.41, 5.74) is 1.20. The van der Waals surface area contributed by atoms with Crippen molar-refractivity contribution in [3.8, 4) is 0 Å². The number of ether oxygens (including phenoxy) is 1. The Labute approximate surface area is 164 Å². The molecule has 1 aliphatic rings. The molecule has 28 heavy (non-hydrogen) atoms. The molecule has 8 heteroatoms. The fourth-order valence-electron chi connectivity index (χ4n) is 3.05. The Balaban J connectivity index is 1.75. The lowest BCUT2D eigenvalue weighted by molar-refractivity contribution is 0.0730. The third-order valence-corrected chi connectivity index (χ3v) is 6.88. The summed E-state index contributed by atoms with van der Waals surface area (Å²) in [5, 5.41) is 0. The fourth-order valence-corrected chi connectivity index (χ4v) is 4.46. The van der Waals surface area contributed by atoms with Crippen molar-refractivity contribution in [1.29, 1.82) is 0 Å². The molecule has 1 amide bonds. The third-order valence-electron chi connectivity index (χ3n) is 4.96. The number of benzene rings is 2. The lowest BCUT2D eigenvalue weighted by Gasteiger charge is -2.27. The van der Waals surface area contributed by atoms with E-state index in [0.717, 1.165) is 5.56 Å². The molecule has 0 aliphatic carbocycles. The van der Waals surface area contributed by atoms with E-state index in [1.807, 2.05) is 6.92 Å². The molecular formula is C20H23FN2O4S. The molecule has 1 heterocycles. The predicted molar refractivity (Wildman–Crippen MR) is 103 cm³/mol. The van der Waals surface area contributed by atoms with E-state index in [1.165, 1.54) is 40.7 Å². The lowest BCUT2D eigenvalue weighted by atomic mass is 10.1. The molecule has 0 N–H and O–H groups in total. The molecule has 0 saturated carbocycles.